The number of rotatable bonds is 32. The second-order valence-corrected chi connectivity index (χ2v) is 13.5. The summed E-state index contributed by atoms with van der Waals surface area (Å²) < 4.78 is 12.2. The molecule has 3 nitrogen and oxygen atoms in total. The van der Waals surface area contributed by atoms with Crippen LogP contribution in [0, 0.1) is 0 Å². The number of allylic oxidation sites excluding steroid dienone is 22. The Bertz CT molecular complexity index is 1090. The summed E-state index contributed by atoms with van der Waals surface area (Å²) in [5.41, 5.74) is 0. The highest BCUT2D eigenvalue weighted by Crippen LogP contribution is 2.28. The number of hydrogen-bond acceptors (Lipinski definition) is 3. The first-order valence-corrected chi connectivity index (χ1v) is 20.7. The number of hydrogen-bond donors (Lipinski definition) is 1. The van der Waals surface area contributed by atoms with E-state index in [1.165, 1.54) is 116 Å². The van der Waals surface area contributed by atoms with Crippen molar-refractivity contribution in [2.24, 2.45) is 0 Å². The summed E-state index contributed by atoms with van der Waals surface area (Å²) in [4.78, 5) is 0. The normalized spacial score (nSPS) is 19.3. The van der Waals surface area contributed by atoms with Gasteiger partial charge in [0.25, 0.3) is 0 Å². The minimum absolute atomic E-state index is 0.0730. The van der Waals surface area contributed by atoms with Gasteiger partial charge in [0, 0.05) is 6.61 Å². The Balaban J connectivity index is 2.36. The van der Waals surface area contributed by atoms with Crippen molar-refractivity contribution in [1.29, 1.82) is 0 Å². The van der Waals surface area contributed by atoms with Crippen LogP contribution in [0.25, 0.3) is 0 Å². The highest BCUT2D eigenvalue weighted by molar-refractivity contribution is 5.24. The molecule has 1 saturated heterocycles. The summed E-state index contributed by atoms with van der Waals surface area (Å²) in [5.74, 6) is -0.944. The molecular weight excluding hydrogens is 637 g/mol. The Hall–Kier alpha value is -3.24. The van der Waals surface area contributed by atoms with Gasteiger partial charge in [-0.2, -0.15) is 0 Å². The van der Waals surface area contributed by atoms with Crippen LogP contribution in [-0.4, -0.2) is 30.2 Å². The van der Waals surface area contributed by atoms with Crippen molar-refractivity contribution in [3.05, 3.63) is 146 Å². The molecule has 1 atom stereocenters. The summed E-state index contributed by atoms with van der Waals surface area (Å²) >= 11 is 0. The van der Waals surface area contributed by atoms with E-state index in [1.807, 2.05) is 97.2 Å². The average Bonchev–Trinajstić information content (AvgIpc) is 3.55. The lowest BCUT2D eigenvalue weighted by Crippen LogP contribution is -2.25. The van der Waals surface area contributed by atoms with Gasteiger partial charge in [-0.15, -0.1) is 0 Å². The molecule has 288 valence electrons. The van der Waals surface area contributed by atoms with Crippen molar-refractivity contribution in [1.82, 2.24) is 0 Å². The molecule has 0 radical (unpaired) electrons. The van der Waals surface area contributed by atoms with Gasteiger partial charge < -0.3 is 14.6 Å². The first-order valence-electron chi connectivity index (χ1n) is 20.7. The van der Waals surface area contributed by atoms with Crippen molar-refractivity contribution in [2.45, 2.75) is 148 Å². The third kappa shape index (κ3) is 30.4. The molecule has 1 fully saturated rings. The Labute approximate surface area is 320 Å². The van der Waals surface area contributed by atoms with Crippen LogP contribution in [0.4, 0.5) is 0 Å². The van der Waals surface area contributed by atoms with Gasteiger partial charge in [-0.05, 0) is 44.3 Å². The zero-order valence-corrected chi connectivity index (χ0v) is 33.0. The molecular formula is C49H74O3. The zero-order valence-electron chi connectivity index (χ0n) is 33.0. The van der Waals surface area contributed by atoms with E-state index in [2.05, 4.69) is 62.5 Å². The molecule has 0 aromatic carbocycles. The van der Waals surface area contributed by atoms with Crippen LogP contribution in [0.2, 0.25) is 0 Å². The van der Waals surface area contributed by atoms with Gasteiger partial charge in [0.15, 0.2) is 0 Å². The lowest BCUT2D eigenvalue weighted by atomic mass is 10.1. The third-order valence-corrected chi connectivity index (χ3v) is 8.67. The smallest absolute Gasteiger partial charge is 0.208 e. The van der Waals surface area contributed by atoms with Crippen LogP contribution in [0.5, 0.6) is 0 Å². The molecule has 52 heavy (non-hydrogen) atoms. The fraction of sp³-hybridized carbons (Fsp3) is 0.510. The van der Waals surface area contributed by atoms with Crippen LogP contribution in [-0.2, 0) is 9.47 Å². The maximum absolute atomic E-state index is 9.36. The first kappa shape index (κ1) is 46.8. The van der Waals surface area contributed by atoms with Gasteiger partial charge in [-0.1, -0.05) is 237 Å². The van der Waals surface area contributed by atoms with E-state index < -0.39 is 5.79 Å². The van der Waals surface area contributed by atoms with Crippen LogP contribution in [0.15, 0.2) is 146 Å². The topological polar surface area (TPSA) is 38.7 Å². The standard InChI is InChI=1S/C49H74O3/c1-3-5-7-9-11-13-15-17-19-21-23-25-27-29-31-33-35-37-39-41-44-49(51-47-48(52-49)43-46-50)45-42-40-38-36-34-32-30-28-26-24-22-20-18-16-14-12-10-8-6-4-2/h21-42,44-45,48,50H,3-20,43,46-47H2,1-2H3. The summed E-state index contributed by atoms with van der Waals surface area (Å²) in [5, 5.41) is 9.36. The first-order chi connectivity index (χ1) is 25.8. The molecule has 1 aliphatic heterocycles. The molecule has 3 heteroatoms. The van der Waals surface area contributed by atoms with Crippen molar-refractivity contribution in [3.8, 4) is 0 Å². The van der Waals surface area contributed by atoms with E-state index in [1.54, 1.807) is 0 Å². The number of aliphatic hydroxyl groups excluding tert-OH is 1. The van der Waals surface area contributed by atoms with Gasteiger partial charge in [-0.3, -0.25) is 0 Å². The molecule has 0 aromatic heterocycles. The number of unbranched alkanes of at least 4 members (excludes halogenated alkanes) is 16. The third-order valence-electron chi connectivity index (χ3n) is 8.67. The molecule has 1 N–H and O–H groups in total. The SMILES string of the molecule is CCCCCCCCCCC=CC=CC=CC=CC=CC=CC1(C=CC=CC=CC=CC=CC=CCCCCCCCCCC)OCC(CCO)O1. The molecule has 1 heterocycles. The Kier molecular flexibility index (Phi) is 33.7. The molecule has 0 bridgehead atoms. The van der Waals surface area contributed by atoms with Crippen molar-refractivity contribution < 1.29 is 14.6 Å². The fourth-order valence-electron chi connectivity index (χ4n) is 5.62. The van der Waals surface area contributed by atoms with Crippen LogP contribution >= 0.6 is 0 Å². The fourth-order valence-corrected chi connectivity index (χ4v) is 5.62. The van der Waals surface area contributed by atoms with E-state index in [9.17, 15) is 5.11 Å². The van der Waals surface area contributed by atoms with E-state index in [4.69, 9.17) is 9.47 Å². The zero-order chi connectivity index (χ0) is 37.3. The lowest BCUT2D eigenvalue weighted by molar-refractivity contribution is -0.0909. The molecule has 0 saturated carbocycles. The second kappa shape index (κ2) is 37.5. The molecule has 0 aromatic rings. The summed E-state index contributed by atoms with van der Waals surface area (Å²) in [6.07, 6.45) is 73.4. The minimum Gasteiger partial charge on any atom is -0.396 e. The second-order valence-electron chi connectivity index (χ2n) is 13.5. The summed E-state index contributed by atoms with van der Waals surface area (Å²) in [6.45, 7) is 5.06. The van der Waals surface area contributed by atoms with Crippen molar-refractivity contribution in [2.75, 3.05) is 13.2 Å². The van der Waals surface area contributed by atoms with E-state index in [0.717, 1.165) is 0 Å². The lowest BCUT2D eigenvalue weighted by Gasteiger charge is -2.20. The quantitative estimate of drug-likeness (QED) is 0.0558. The molecule has 0 amide bonds. The Morgan fingerprint density at radius 2 is 0.769 bits per heavy atom. The van der Waals surface area contributed by atoms with Gasteiger partial charge in [0.1, 0.15) is 0 Å². The van der Waals surface area contributed by atoms with E-state index >= 15 is 0 Å². The maximum Gasteiger partial charge on any atom is 0.208 e. The van der Waals surface area contributed by atoms with Crippen molar-refractivity contribution in [3.63, 3.8) is 0 Å². The molecule has 1 rings (SSSR count). The van der Waals surface area contributed by atoms with Crippen LogP contribution < -0.4 is 0 Å². The van der Waals surface area contributed by atoms with Crippen molar-refractivity contribution >= 4 is 0 Å². The highest BCUT2D eigenvalue weighted by atomic mass is 16.7. The molecule has 1 aliphatic rings. The van der Waals surface area contributed by atoms with Gasteiger partial charge in [0.05, 0.1) is 12.7 Å². The van der Waals surface area contributed by atoms with Crippen LogP contribution in [0.3, 0.4) is 0 Å². The minimum atomic E-state index is -0.944. The van der Waals surface area contributed by atoms with Crippen LogP contribution in [0.1, 0.15) is 136 Å². The largest absolute Gasteiger partial charge is 0.396 e. The predicted molar refractivity (Wildman–Crippen MR) is 229 cm³/mol. The Morgan fingerprint density at radius 1 is 0.442 bits per heavy atom. The molecule has 0 aliphatic carbocycles. The maximum atomic E-state index is 9.36. The predicted octanol–water partition coefficient (Wildman–Crippen LogP) is 14.2. The van der Waals surface area contributed by atoms with Gasteiger partial charge >= 0.3 is 0 Å². The van der Waals surface area contributed by atoms with Gasteiger partial charge in [0.2, 0.25) is 5.79 Å². The number of aliphatic hydroxyl groups is 1. The monoisotopic (exact) mass is 711 g/mol. The Morgan fingerprint density at radius 3 is 1.13 bits per heavy atom. The summed E-state index contributed by atoms with van der Waals surface area (Å²) in [6, 6.07) is 0. The molecule has 1 unspecified atom stereocenters. The molecule has 0 spiro atoms. The van der Waals surface area contributed by atoms with Gasteiger partial charge in [-0.25, -0.2) is 0 Å². The van der Waals surface area contributed by atoms with E-state index in [0.29, 0.717) is 13.0 Å². The average molecular weight is 711 g/mol. The van der Waals surface area contributed by atoms with E-state index in [-0.39, 0.29) is 12.7 Å². The summed E-state index contributed by atoms with van der Waals surface area (Å²) in [7, 11) is 0. The highest BCUT2D eigenvalue weighted by Gasteiger charge is 2.36. The number of ether oxygens (including phenoxy) is 2.